The minimum Gasteiger partial charge on any atom is -0.372 e. The molecule has 0 fully saturated rings. The predicted molar refractivity (Wildman–Crippen MR) is 146 cm³/mol. The number of aliphatic imine (C=N–C) groups is 4. The van der Waals surface area contributed by atoms with Gasteiger partial charge >= 0.3 is 0 Å². The Balaban J connectivity index is 1.62. The van der Waals surface area contributed by atoms with Gasteiger partial charge in [0, 0.05) is 43.8 Å². The standard InChI is InChI=1S/C25H27ClFN9O2/c1-16(11-31-14-28)34-15-30-7-3-8-32-25(37)19-12-29-9-6-21(19)35-24-22(38-2)13-33-23(36-24)18-10-17(26)4-5-20(18)27/h4-6,9-12,15-16,22H,3,7-8,13H2,1-2H3,(H,30,34)(H,32,37)(H,29,33,35,36). The van der Waals surface area contributed by atoms with Gasteiger partial charge in [-0.25, -0.2) is 9.38 Å². The number of halogens is 2. The Morgan fingerprint density at radius 3 is 3.05 bits per heavy atom. The molecule has 0 saturated heterocycles. The number of rotatable bonds is 11. The number of amidine groups is 2. The fourth-order valence-corrected chi connectivity index (χ4v) is 3.47. The third-order valence-electron chi connectivity index (χ3n) is 5.25. The Morgan fingerprint density at radius 2 is 2.26 bits per heavy atom. The summed E-state index contributed by atoms with van der Waals surface area (Å²) in [6.45, 7) is 2.92. The van der Waals surface area contributed by atoms with Gasteiger partial charge in [0.25, 0.3) is 5.91 Å². The topological polar surface area (TPSA) is 149 Å². The summed E-state index contributed by atoms with van der Waals surface area (Å²) in [5.41, 5.74) is 0.932. The number of anilines is 1. The molecule has 1 aromatic carbocycles. The summed E-state index contributed by atoms with van der Waals surface area (Å²) in [5, 5.41) is 17.7. The van der Waals surface area contributed by atoms with E-state index < -0.39 is 11.9 Å². The number of amides is 1. The Hall–Kier alpha value is -4.21. The summed E-state index contributed by atoms with van der Waals surface area (Å²) in [5.74, 6) is -0.293. The molecule has 2 atom stereocenters. The highest BCUT2D eigenvalue weighted by Crippen LogP contribution is 2.20. The number of methoxy groups -OCH3 is 1. The molecule has 13 heteroatoms. The van der Waals surface area contributed by atoms with Gasteiger partial charge in [-0.1, -0.05) is 11.6 Å². The SMILES string of the molecule is COC1CN=C(c2cc(Cl)ccc2F)N=C1Nc1ccncc1C(=O)NCCCN=CNC(C)C=NC#N. The maximum absolute atomic E-state index is 14.4. The number of hydrogen-bond donors (Lipinski definition) is 3. The number of benzene rings is 1. The largest absolute Gasteiger partial charge is 0.372 e. The molecule has 3 N–H and O–H groups in total. The first-order valence-electron chi connectivity index (χ1n) is 11.7. The van der Waals surface area contributed by atoms with Crippen LogP contribution in [0.1, 0.15) is 29.3 Å². The van der Waals surface area contributed by atoms with Gasteiger partial charge in [-0.3, -0.25) is 19.8 Å². The fourth-order valence-electron chi connectivity index (χ4n) is 3.30. The van der Waals surface area contributed by atoms with Crippen LogP contribution in [0.3, 0.4) is 0 Å². The predicted octanol–water partition coefficient (Wildman–Crippen LogP) is 2.84. The van der Waals surface area contributed by atoms with Crippen LogP contribution in [0.25, 0.3) is 0 Å². The summed E-state index contributed by atoms with van der Waals surface area (Å²) < 4.78 is 19.9. The van der Waals surface area contributed by atoms with Crippen molar-refractivity contribution < 1.29 is 13.9 Å². The van der Waals surface area contributed by atoms with Gasteiger partial charge < -0.3 is 20.7 Å². The minimum absolute atomic E-state index is 0.118. The summed E-state index contributed by atoms with van der Waals surface area (Å²) >= 11 is 6.03. The molecule has 1 amide bonds. The highest BCUT2D eigenvalue weighted by Gasteiger charge is 2.24. The molecule has 2 heterocycles. The Bertz CT molecular complexity index is 1290. The summed E-state index contributed by atoms with van der Waals surface area (Å²) in [6, 6.07) is 5.68. The molecule has 198 valence electrons. The van der Waals surface area contributed by atoms with Crippen molar-refractivity contribution in [3.63, 3.8) is 0 Å². The van der Waals surface area contributed by atoms with Crippen LogP contribution >= 0.6 is 11.6 Å². The van der Waals surface area contributed by atoms with Crippen molar-refractivity contribution in [2.45, 2.75) is 25.5 Å². The van der Waals surface area contributed by atoms with Crippen molar-refractivity contribution >= 4 is 47.4 Å². The van der Waals surface area contributed by atoms with Gasteiger partial charge in [0.1, 0.15) is 17.8 Å². The molecule has 0 aliphatic carbocycles. The molecule has 0 bridgehead atoms. The number of nitriles is 1. The molecule has 11 nitrogen and oxygen atoms in total. The molecule has 1 aromatic heterocycles. The zero-order valence-electron chi connectivity index (χ0n) is 20.9. The molecule has 3 rings (SSSR count). The summed E-state index contributed by atoms with van der Waals surface area (Å²) in [7, 11) is 1.51. The normalized spacial score (nSPS) is 16.0. The zero-order chi connectivity index (χ0) is 27.3. The number of hydrogen-bond acceptors (Lipinski definition) is 9. The van der Waals surface area contributed by atoms with E-state index in [1.54, 1.807) is 24.8 Å². The van der Waals surface area contributed by atoms with Gasteiger partial charge in [-0.05, 0) is 37.6 Å². The average molecular weight is 540 g/mol. The van der Waals surface area contributed by atoms with E-state index in [9.17, 15) is 9.18 Å². The molecular formula is C25H27ClFN9O2. The van der Waals surface area contributed by atoms with E-state index in [0.29, 0.717) is 41.6 Å². The smallest absolute Gasteiger partial charge is 0.254 e. The van der Waals surface area contributed by atoms with Crippen LogP contribution in [0.4, 0.5) is 10.1 Å². The first-order valence-corrected chi connectivity index (χ1v) is 12.1. The van der Waals surface area contributed by atoms with Gasteiger partial charge in [0.15, 0.2) is 5.84 Å². The number of carbonyl (C=O) groups excluding carboxylic acids is 1. The van der Waals surface area contributed by atoms with Gasteiger partial charge in [-0.15, -0.1) is 0 Å². The van der Waals surface area contributed by atoms with Crippen LogP contribution in [-0.4, -0.2) is 74.0 Å². The van der Waals surface area contributed by atoms with Crippen molar-refractivity contribution in [2.75, 3.05) is 32.1 Å². The monoisotopic (exact) mass is 539 g/mol. The second-order valence-corrected chi connectivity index (χ2v) is 8.47. The number of nitrogens with one attached hydrogen (secondary N) is 3. The Kier molecular flexibility index (Phi) is 10.8. The van der Waals surface area contributed by atoms with Crippen LogP contribution in [0, 0.1) is 17.3 Å². The molecule has 0 saturated carbocycles. The quantitative estimate of drug-likeness (QED) is 0.173. The van der Waals surface area contributed by atoms with Crippen LogP contribution in [0.2, 0.25) is 5.02 Å². The van der Waals surface area contributed by atoms with Gasteiger partial charge in [-0.2, -0.15) is 10.3 Å². The lowest BCUT2D eigenvalue weighted by Crippen LogP contribution is -2.37. The molecular weight excluding hydrogens is 513 g/mol. The number of pyridine rings is 1. The number of aromatic nitrogens is 1. The van der Waals surface area contributed by atoms with E-state index in [-0.39, 0.29) is 29.9 Å². The summed E-state index contributed by atoms with van der Waals surface area (Å²) in [6.07, 6.45) is 7.78. The van der Waals surface area contributed by atoms with E-state index in [2.05, 4.69) is 40.9 Å². The van der Waals surface area contributed by atoms with Crippen molar-refractivity contribution in [2.24, 2.45) is 20.0 Å². The van der Waals surface area contributed by atoms with Crippen molar-refractivity contribution in [1.82, 2.24) is 15.6 Å². The lowest BCUT2D eigenvalue weighted by Gasteiger charge is -2.23. The summed E-state index contributed by atoms with van der Waals surface area (Å²) in [4.78, 5) is 33.4. The van der Waals surface area contributed by atoms with Gasteiger partial charge in [0.2, 0.25) is 6.19 Å². The van der Waals surface area contributed by atoms with E-state index >= 15 is 0 Å². The second-order valence-electron chi connectivity index (χ2n) is 8.03. The van der Waals surface area contributed by atoms with Crippen LogP contribution < -0.4 is 16.0 Å². The highest BCUT2D eigenvalue weighted by molar-refractivity contribution is 6.31. The zero-order valence-corrected chi connectivity index (χ0v) is 21.6. The van der Waals surface area contributed by atoms with Crippen LogP contribution in [-0.2, 0) is 4.74 Å². The number of ether oxygens (including phenoxy) is 1. The molecule has 0 spiro atoms. The van der Waals surface area contributed by atoms with Crippen molar-refractivity contribution in [1.29, 1.82) is 5.26 Å². The maximum atomic E-state index is 14.4. The minimum atomic E-state index is -0.523. The van der Waals surface area contributed by atoms with E-state index in [1.165, 1.54) is 37.7 Å². The van der Waals surface area contributed by atoms with Crippen LogP contribution in [0.5, 0.6) is 0 Å². The molecule has 0 radical (unpaired) electrons. The first kappa shape index (κ1) is 28.4. The molecule has 1 aliphatic heterocycles. The maximum Gasteiger partial charge on any atom is 0.254 e. The first-order chi connectivity index (χ1) is 18.4. The molecule has 1 aliphatic rings. The Labute approximate surface area is 224 Å². The van der Waals surface area contributed by atoms with E-state index in [0.717, 1.165) is 0 Å². The fraction of sp³-hybridized carbons (Fsp3) is 0.320. The highest BCUT2D eigenvalue weighted by atomic mass is 35.5. The van der Waals surface area contributed by atoms with Crippen molar-refractivity contribution in [3.05, 3.63) is 58.6 Å². The Morgan fingerprint density at radius 1 is 1.42 bits per heavy atom. The van der Waals surface area contributed by atoms with Crippen molar-refractivity contribution in [3.8, 4) is 6.19 Å². The van der Waals surface area contributed by atoms with E-state index in [4.69, 9.17) is 21.6 Å². The van der Waals surface area contributed by atoms with Crippen LogP contribution in [0.15, 0.2) is 56.6 Å². The third kappa shape index (κ3) is 8.16. The average Bonchev–Trinajstić information content (AvgIpc) is 2.92. The third-order valence-corrected chi connectivity index (χ3v) is 5.49. The second kappa shape index (κ2) is 14.5. The van der Waals surface area contributed by atoms with Gasteiger partial charge in [0.05, 0.1) is 35.7 Å². The lowest BCUT2D eigenvalue weighted by molar-refractivity contribution is 0.0954. The number of carbonyl (C=O) groups is 1. The molecule has 2 unspecified atom stereocenters. The lowest BCUT2D eigenvalue weighted by atomic mass is 10.1. The molecule has 2 aromatic rings. The number of nitrogens with zero attached hydrogens (tertiary/aromatic N) is 6. The van der Waals surface area contributed by atoms with E-state index in [1.807, 2.05) is 6.92 Å². The molecule has 38 heavy (non-hydrogen) atoms.